The minimum absolute atomic E-state index is 0.0885. The molecule has 2 aromatic carbocycles. The molecule has 0 unspecified atom stereocenters. The van der Waals surface area contributed by atoms with Crippen molar-refractivity contribution in [3.05, 3.63) is 48.3 Å². The van der Waals surface area contributed by atoms with E-state index in [-0.39, 0.29) is 11.6 Å². The van der Waals surface area contributed by atoms with Crippen molar-refractivity contribution < 1.29 is 14.3 Å². The van der Waals surface area contributed by atoms with Crippen LogP contribution in [0.4, 0.5) is 15.2 Å². The van der Waals surface area contributed by atoms with Crippen LogP contribution < -0.4 is 5.32 Å². The Morgan fingerprint density at radius 2 is 2.15 bits per heavy atom. The number of rotatable bonds is 4. The van der Waals surface area contributed by atoms with Crippen molar-refractivity contribution in [2.24, 2.45) is 10.2 Å². The zero-order valence-corrected chi connectivity index (χ0v) is 14.9. The molecule has 0 aliphatic rings. The van der Waals surface area contributed by atoms with Crippen molar-refractivity contribution >= 4 is 49.2 Å². The van der Waals surface area contributed by atoms with Crippen LogP contribution in [0.15, 0.2) is 52.7 Å². The molecule has 0 fully saturated rings. The number of hydrogen-bond donors (Lipinski definition) is 3. The van der Waals surface area contributed by atoms with Gasteiger partial charge in [-0.05, 0) is 37.3 Å². The second-order valence-corrected chi connectivity index (χ2v) is 6.93. The van der Waals surface area contributed by atoms with Crippen LogP contribution in [0.5, 0.6) is 5.88 Å². The van der Waals surface area contributed by atoms with Crippen LogP contribution in [-0.2, 0) is 4.79 Å². The second-order valence-electron chi connectivity index (χ2n) is 5.90. The number of aromatic amines is 1. The molecule has 0 saturated carbocycles. The van der Waals surface area contributed by atoms with Crippen molar-refractivity contribution in [1.29, 1.82) is 0 Å². The van der Waals surface area contributed by atoms with Gasteiger partial charge < -0.3 is 15.4 Å². The number of aromatic nitrogens is 2. The minimum Gasteiger partial charge on any atom is -0.493 e. The number of fused-ring (bicyclic) bond motifs is 2. The number of carbonyl (C=O) groups excluding carboxylic acids is 1. The van der Waals surface area contributed by atoms with Crippen molar-refractivity contribution in [3.8, 4) is 5.88 Å². The average molecular weight is 383 g/mol. The molecule has 0 bridgehead atoms. The molecule has 0 aliphatic heterocycles. The van der Waals surface area contributed by atoms with E-state index in [1.54, 1.807) is 6.92 Å². The molecular formula is C18H14FN5O2S. The predicted octanol–water partition coefficient (Wildman–Crippen LogP) is 4.73. The first-order valence-corrected chi connectivity index (χ1v) is 8.91. The van der Waals surface area contributed by atoms with E-state index in [0.29, 0.717) is 16.0 Å². The van der Waals surface area contributed by atoms with Crippen LogP contribution in [0.1, 0.15) is 6.92 Å². The van der Waals surface area contributed by atoms with Gasteiger partial charge >= 0.3 is 0 Å². The molecule has 0 saturated heterocycles. The number of thiazole rings is 1. The number of hydrogen-bond acceptors (Lipinski definition) is 6. The fourth-order valence-corrected chi connectivity index (χ4v) is 3.56. The molecule has 0 spiro atoms. The van der Waals surface area contributed by atoms with Gasteiger partial charge in [0.1, 0.15) is 11.9 Å². The second kappa shape index (κ2) is 6.76. The van der Waals surface area contributed by atoms with Gasteiger partial charge in [-0.3, -0.25) is 4.79 Å². The van der Waals surface area contributed by atoms with Gasteiger partial charge in [0.25, 0.3) is 5.91 Å². The highest BCUT2D eigenvalue weighted by atomic mass is 32.1. The zero-order valence-electron chi connectivity index (χ0n) is 14.1. The lowest BCUT2D eigenvalue weighted by Crippen LogP contribution is -2.23. The van der Waals surface area contributed by atoms with E-state index in [0.717, 1.165) is 10.2 Å². The fourth-order valence-electron chi connectivity index (χ4n) is 2.61. The van der Waals surface area contributed by atoms with Gasteiger partial charge in [0.2, 0.25) is 5.88 Å². The number of nitrogens with zero attached hydrogens (tertiary/aromatic N) is 3. The monoisotopic (exact) mass is 383 g/mol. The molecule has 0 aliphatic carbocycles. The molecule has 4 aromatic rings. The van der Waals surface area contributed by atoms with Gasteiger partial charge in [0.15, 0.2) is 10.8 Å². The number of para-hydroxylation sites is 1. The lowest BCUT2D eigenvalue weighted by Gasteiger charge is -2.07. The van der Waals surface area contributed by atoms with E-state index in [4.69, 9.17) is 0 Å². The highest BCUT2D eigenvalue weighted by Crippen LogP contribution is 2.35. The third kappa shape index (κ3) is 3.36. The van der Waals surface area contributed by atoms with Gasteiger partial charge in [-0.2, -0.15) is 0 Å². The number of halogens is 1. The third-order valence-electron chi connectivity index (χ3n) is 3.97. The number of azo groups is 1. The van der Waals surface area contributed by atoms with E-state index < -0.39 is 17.8 Å². The van der Waals surface area contributed by atoms with Crippen LogP contribution in [0.2, 0.25) is 0 Å². The molecule has 3 N–H and O–H groups in total. The van der Waals surface area contributed by atoms with E-state index in [1.807, 2.05) is 24.3 Å². The number of anilines is 1. The Labute approximate surface area is 156 Å². The summed E-state index contributed by atoms with van der Waals surface area (Å²) in [6, 6.07) is 10.9. The first-order chi connectivity index (χ1) is 13.0. The minimum atomic E-state index is -0.654. The van der Waals surface area contributed by atoms with Gasteiger partial charge in [-0.1, -0.05) is 23.5 Å². The largest absolute Gasteiger partial charge is 0.493 e. The smallest absolute Gasteiger partial charge is 0.286 e. The summed E-state index contributed by atoms with van der Waals surface area (Å²) in [5, 5.41) is 21.5. The maximum absolute atomic E-state index is 13.3. The predicted molar refractivity (Wildman–Crippen MR) is 102 cm³/mol. The SMILES string of the molecule is C[C@H](Nc1nc2ccccc2s1)C(=O)N=Nc1c(O)[nH]c2cc(F)ccc12. The molecule has 0 radical (unpaired) electrons. The summed E-state index contributed by atoms with van der Waals surface area (Å²) in [5.41, 5.74) is 1.31. The number of aromatic hydroxyl groups is 1. The van der Waals surface area contributed by atoms with E-state index in [9.17, 15) is 14.3 Å². The maximum atomic E-state index is 13.3. The van der Waals surface area contributed by atoms with E-state index >= 15 is 0 Å². The molecule has 27 heavy (non-hydrogen) atoms. The van der Waals surface area contributed by atoms with Gasteiger partial charge in [-0.15, -0.1) is 10.2 Å². The number of nitrogens with one attached hydrogen (secondary N) is 2. The molecule has 1 atom stereocenters. The average Bonchev–Trinajstić information content (AvgIpc) is 3.18. The van der Waals surface area contributed by atoms with Crippen molar-refractivity contribution in [2.75, 3.05) is 5.32 Å². The Hall–Kier alpha value is -3.33. The van der Waals surface area contributed by atoms with Crippen LogP contribution in [0, 0.1) is 5.82 Å². The number of H-pyrrole nitrogens is 1. The summed E-state index contributed by atoms with van der Waals surface area (Å²) >= 11 is 1.44. The summed E-state index contributed by atoms with van der Waals surface area (Å²) in [7, 11) is 0. The van der Waals surface area contributed by atoms with Crippen LogP contribution in [-0.4, -0.2) is 27.0 Å². The Kier molecular flexibility index (Phi) is 4.28. The molecular weight excluding hydrogens is 369 g/mol. The molecule has 7 nitrogen and oxygen atoms in total. The summed E-state index contributed by atoms with van der Waals surface area (Å²) < 4.78 is 14.3. The standard InChI is InChI=1S/C18H14FN5O2S/c1-9(20-18-22-12-4-2-3-5-14(12)27-18)16(25)24-23-15-11-7-6-10(19)8-13(11)21-17(15)26/h2-9,21,26H,1H3,(H,20,22)/t9-/m0/s1. The lowest BCUT2D eigenvalue weighted by atomic mass is 10.2. The molecule has 136 valence electrons. The Bertz CT molecular complexity index is 1150. The van der Waals surface area contributed by atoms with Crippen LogP contribution >= 0.6 is 11.3 Å². The summed E-state index contributed by atoms with van der Waals surface area (Å²) in [6.07, 6.45) is 0. The van der Waals surface area contributed by atoms with Gasteiger partial charge in [0, 0.05) is 5.39 Å². The number of amides is 1. The highest BCUT2D eigenvalue weighted by molar-refractivity contribution is 7.22. The van der Waals surface area contributed by atoms with Gasteiger partial charge in [-0.25, -0.2) is 9.37 Å². The first-order valence-electron chi connectivity index (χ1n) is 8.09. The number of carbonyl (C=O) groups is 1. The first kappa shape index (κ1) is 17.1. The Morgan fingerprint density at radius 1 is 1.33 bits per heavy atom. The van der Waals surface area contributed by atoms with E-state index in [1.165, 1.54) is 29.5 Å². The molecule has 2 aromatic heterocycles. The molecule has 4 rings (SSSR count). The van der Waals surface area contributed by atoms with Crippen LogP contribution in [0.3, 0.4) is 0 Å². The van der Waals surface area contributed by atoms with Crippen LogP contribution in [0.25, 0.3) is 21.1 Å². The van der Waals surface area contributed by atoms with Crippen molar-refractivity contribution in [2.45, 2.75) is 13.0 Å². The molecule has 2 heterocycles. The summed E-state index contributed by atoms with van der Waals surface area (Å²) in [4.78, 5) is 19.3. The van der Waals surface area contributed by atoms with Gasteiger partial charge in [0.05, 0.1) is 15.7 Å². The molecule has 1 amide bonds. The maximum Gasteiger partial charge on any atom is 0.286 e. The fraction of sp³-hybridized carbons (Fsp3) is 0.111. The zero-order chi connectivity index (χ0) is 19.0. The summed E-state index contributed by atoms with van der Waals surface area (Å²) in [6.45, 7) is 1.65. The lowest BCUT2D eigenvalue weighted by molar-refractivity contribution is -0.118. The Balaban J connectivity index is 1.52. The highest BCUT2D eigenvalue weighted by Gasteiger charge is 2.16. The topological polar surface area (TPSA) is 103 Å². The number of benzene rings is 2. The third-order valence-corrected chi connectivity index (χ3v) is 4.93. The normalized spacial score (nSPS) is 12.8. The van der Waals surface area contributed by atoms with Crippen molar-refractivity contribution in [1.82, 2.24) is 9.97 Å². The quantitative estimate of drug-likeness (QED) is 0.443. The molecule has 9 heteroatoms. The van der Waals surface area contributed by atoms with E-state index in [2.05, 4.69) is 25.5 Å². The van der Waals surface area contributed by atoms with Crippen molar-refractivity contribution in [3.63, 3.8) is 0 Å². The Morgan fingerprint density at radius 3 is 2.96 bits per heavy atom. The summed E-state index contributed by atoms with van der Waals surface area (Å²) in [5.74, 6) is -1.25.